The number of halogens is 1. The van der Waals surface area contributed by atoms with Crippen molar-refractivity contribution in [2.45, 2.75) is 0 Å². The van der Waals surface area contributed by atoms with E-state index < -0.39 is 5.82 Å². The first kappa shape index (κ1) is 32.0. The molecule has 8 nitrogen and oxygen atoms in total. The van der Waals surface area contributed by atoms with E-state index in [1.165, 1.54) is 25.3 Å². The molecule has 1 N–H and O–H groups in total. The van der Waals surface area contributed by atoms with Gasteiger partial charge in [-0.2, -0.15) is 0 Å². The first-order valence-electron chi connectivity index (χ1n) is 11.2. The van der Waals surface area contributed by atoms with Gasteiger partial charge in [-0.05, 0) is 71.6 Å². The summed E-state index contributed by atoms with van der Waals surface area (Å²) in [5.74, 6) is 0.658. The number of ether oxygens (including phenoxy) is 2. The van der Waals surface area contributed by atoms with Crippen LogP contribution in [0, 0.1) is 5.82 Å². The minimum absolute atomic E-state index is 0.0179. The molecule has 0 spiro atoms. The molecule has 2 rings (SSSR count). The molecule has 0 aromatic heterocycles. The number of aldehydes is 2. The third kappa shape index (κ3) is 13.5. The van der Waals surface area contributed by atoms with Crippen molar-refractivity contribution in [3.63, 3.8) is 0 Å². The zero-order valence-corrected chi connectivity index (χ0v) is 22.3. The minimum atomic E-state index is -0.527. The molecule has 0 amide bonds. The predicted molar refractivity (Wildman–Crippen MR) is 141 cm³/mol. The molecule has 0 atom stereocenters. The van der Waals surface area contributed by atoms with Gasteiger partial charge in [0.15, 0.2) is 12.6 Å². The van der Waals surface area contributed by atoms with Crippen LogP contribution in [-0.4, -0.2) is 105 Å². The first-order chi connectivity index (χ1) is 16.6. The Balaban J connectivity index is 0.000000550. The first-order valence-corrected chi connectivity index (χ1v) is 11.2. The van der Waals surface area contributed by atoms with Crippen LogP contribution >= 0.6 is 0 Å². The molecule has 0 heterocycles. The van der Waals surface area contributed by atoms with Crippen LogP contribution < -0.4 is 19.7 Å². The monoisotopic (exact) mass is 492 g/mol. The maximum Gasteiger partial charge on any atom is 0.153 e. The molecule has 35 heavy (non-hydrogen) atoms. The summed E-state index contributed by atoms with van der Waals surface area (Å²) in [5.41, 5.74) is 1.61. The van der Waals surface area contributed by atoms with Gasteiger partial charge in [0.1, 0.15) is 17.3 Å². The van der Waals surface area contributed by atoms with Crippen LogP contribution in [0.1, 0.15) is 20.7 Å². The van der Waals surface area contributed by atoms with Crippen LogP contribution in [0.25, 0.3) is 0 Å². The highest BCUT2D eigenvalue weighted by Crippen LogP contribution is 2.23. The van der Waals surface area contributed by atoms with E-state index >= 15 is 0 Å². The average Bonchev–Trinajstić information content (AvgIpc) is 2.86. The summed E-state index contributed by atoms with van der Waals surface area (Å²) in [6.07, 6.45) is 1.32. The van der Waals surface area contributed by atoms with Gasteiger partial charge in [0.05, 0.1) is 19.8 Å². The fourth-order valence-corrected chi connectivity index (χ4v) is 2.65. The zero-order chi connectivity index (χ0) is 26.8. The maximum atomic E-state index is 12.6. The van der Waals surface area contributed by atoms with Crippen molar-refractivity contribution in [1.29, 1.82) is 0 Å². The van der Waals surface area contributed by atoms with Crippen molar-refractivity contribution in [2.24, 2.45) is 0 Å². The zero-order valence-electron chi connectivity index (χ0n) is 22.3. The molecule has 196 valence electrons. The quantitative estimate of drug-likeness (QED) is 0.480. The number of hydrogen-bond donors (Lipinski definition) is 1. The molecule has 2 aromatic carbocycles. The van der Waals surface area contributed by atoms with E-state index in [4.69, 9.17) is 9.47 Å². The van der Waals surface area contributed by atoms with Crippen LogP contribution in [0.3, 0.4) is 0 Å². The third-order valence-electron chi connectivity index (χ3n) is 4.79. The molecule has 2 aromatic rings. The molecule has 0 saturated heterocycles. The standard InChI is InChI=1S/C13H20N2O2.C8H7FO2.C5H14N2/c1-14(2)7-8-15(3)13-6-5-12(17-4)9-11(13)10-16;1-11-7-2-3-8(9)6(4-7)5-10;1-6-4-5-7(2)3/h5-6,9-10H,7-8H2,1-4H3;2-5H,1H3;6H,4-5H2,1-3H3. The molecule has 0 radical (unpaired) electrons. The van der Waals surface area contributed by atoms with Crippen molar-refractivity contribution in [1.82, 2.24) is 15.1 Å². The van der Waals surface area contributed by atoms with Crippen molar-refractivity contribution < 1.29 is 23.5 Å². The summed E-state index contributed by atoms with van der Waals surface area (Å²) in [6.45, 7) is 4.02. The topological polar surface area (TPSA) is 74.3 Å². The summed E-state index contributed by atoms with van der Waals surface area (Å²) < 4.78 is 22.5. The van der Waals surface area contributed by atoms with E-state index in [1.807, 2.05) is 40.3 Å². The molecule has 0 aliphatic carbocycles. The maximum absolute atomic E-state index is 12.6. The fraction of sp³-hybridized carbons (Fsp3) is 0.462. The highest BCUT2D eigenvalue weighted by molar-refractivity contribution is 5.85. The van der Waals surface area contributed by atoms with Crippen LogP contribution in [0.5, 0.6) is 11.5 Å². The number of hydrogen-bond acceptors (Lipinski definition) is 8. The Morgan fingerprint density at radius 2 is 1.31 bits per heavy atom. The molecular formula is C26H41FN4O4. The Hall–Kier alpha value is -3.01. The summed E-state index contributed by atoms with van der Waals surface area (Å²) in [5, 5.41) is 3.06. The van der Waals surface area contributed by atoms with Gasteiger partial charge in [-0.1, -0.05) is 0 Å². The normalized spacial score (nSPS) is 10.0. The second-order valence-corrected chi connectivity index (χ2v) is 8.18. The molecule has 0 aliphatic rings. The summed E-state index contributed by atoms with van der Waals surface area (Å²) in [4.78, 5) is 27.6. The van der Waals surface area contributed by atoms with Crippen LogP contribution in [-0.2, 0) is 0 Å². The number of nitrogens with one attached hydrogen (secondary N) is 1. The minimum Gasteiger partial charge on any atom is -0.497 e. The largest absolute Gasteiger partial charge is 0.497 e. The van der Waals surface area contributed by atoms with Gasteiger partial charge in [-0.15, -0.1) is 0 Å². The number of likely N-dealkylation sites (N-methyl/N-ethyl adjacent to an activating group) is 4. The number of carbonyl (C=O) groups excluding carboxylic acids is 2. The average molecular weight is 493 g/mol. The van der Waals surface area contributed by atoms with E-state index in [-0.39, 0.29) is 5.56 Å². The lowest BCUT2D eigenvalue weighted by molar-refractivity contribution is 0.111. The van der Waals surface area contributed by atoms with E-state index in [0.717, 1.165) is 38.2 Å². The molecule has 0 bridgehead atoms. The second kappa shape index (κ2) is 18.3. The molecule has 0 fully saturated rings. The summed E-state index contributed by atoms with van der Waals surface area (Å²) in [7, 11) is 15.2. The number of nitrogens with zero attached hydrogens (tertiary/aromatic N) is 3. The number of methoxy groups -OCH3 is 2. The second-order valence-electron chi connectivity index (χ2n) is 8.18. The summed E-state index contributed by atoms with van der Waals surface area (Å²) in [6, 6.07) is 9.55. The van der Waals surface area contributed by atoms with Gasteiger partial charge < -0.3 is 29.5 Å². The van der Waals surface area contributed by atoms with Gasteiger partial charge in [0, 0.05) is 44.5 Å². The number of anilines is 1. The van der Waals surface area contributed by atoms with Crippen LogP contribution in [0.2, 0.25) is 0 Å². The Bertz CT molecular complexity index is 878. The predicted octanol–water partition coefficient (Wildman–Crippen LogP) is 2.92. The Morgan fingerprint density at radius 1 is 0.800 bits per heavy atom. The highest BCUT2D eigenvalue weighted by Gasteiger charge is 2.08. The van der Waals surface area contributed by atoms with Gasteiger partial charge in [0.25, 0.3) is 0 Å². The van der Waals surface area contributed by atoms with E-state index in [2.05, 4.69) is 34.1 Å². The Labute approximate surface area is 209 Å². The summed E-state index contributed by atoms with van der Waals surface area (Å²) >= 11 is 0. The number of carbonyl (C=O) groups is 2. The fourth-order valence-electron chi connectivity index (χ4n) is 2.65. The van der Waals surface area contributed by atoms with Gasteiger partial charge in [0.2, 0.25) is 0 Å². The van der Waals surface area contributed by atoms with Crippen LogP contribution in [0.15, 0.2) is 36.4 Å². The highest BCUT2D eigenvalue weighted by atomic mass is 19.1. The van der Waals surface area contributed by atoms with Gasteiger partial charge in [-0.3, -0.25) is 9.59 Å². The molecule has 9 heteroatoms. The lowest BCUT2D eigenvalue weighted by Gasteiger charge is -2.23. The van der Waals surface area contributed by atoms with Gasteiger partial charge in [-0.25, -0.2) is 4.39 Å². The molecular weight excluding hydrogens is 451 g/mol. The van der Waals surface area contributed by atoms with Crippen LogP contribution in [0.4, 0.5) is 10.1 Å². The van der Waals surface area contributed by atoms with E-state index in [0.29, 0.717) is 23.3 Å². The Kier molecular flexibility index (Phi) is 16.8. The molecule has 0 aliphatic heterocycles. The SMILES string of the molecule is CNCCN(C)C.COc1ccc(F)c(C=O)c1.COc1ccc(N(C)CCN(C)C)c(C=O)c1. The Morgan fingerprint density at radius 3 is 1.74 bits per heavy atom. The van der Waals surface area contributed by atoms with E-state index in [9.17, 15) is 14.0 Å². The number of benzene rings is 2. The van der Waals surface area contributed by atoms with E-state index in [1.54, 1.807) is 13.2 Å². The lowest BCUT2D eigenvalue weighted by Crippen LogP contribution is -2.29. The van der Waals surface area contributed by atoms with Crippen molar-refractivity contribution >= 4 is 18.3 Å². The van der Waals surface area contributed by atoms with Gasteiger partial charge >= 0.3 is 0 Å². The molecule has 0 saturated carbocycles. The van der Waals surface area contributed by atoms with Crippen molar-refractivity contribution in [3.8, 4) is 11.5 Å². The van der Waals surface area contributed by atoms with Crippen molar-refractivity contribution in [3.05, 3.63) is 53.3 Å². The van der Waals surface area contributed by atoms with Crippen molar-refractivity contribution in [2.75, 3.05) is 87.6 Å². The lowest BCUT2D eigenvalue weighted by atomic mass is 10.1. The molecule has 0 unspecified atom stereocenters. The number of rotatable bonds is 11. The smallest absolute Gasteiger partial charge is 0.153 e. The third-order valence-corrected chi connectivity index (χ3v) is 4.79.